The van der Waals surface area contributed by atoms with Crippen LogP contribution >= 0.6 is 0 Å². The molecule has 26 heavy (non-hydrogen) atoms. The molecule has 2 atom stereocenters. The zero-order valence-corrected chi connectivity index (χ0v) is 16.7. The van der Waals surface area contributed by atoms with E-state index >= 15 is 0 Å². The van der Waals surface area contributed by atoms with Crippen molar-refractivity contribution in [2.75, 3.05) is 0 Å². The molecular weight excluding hydrogens is 350 g/mol. The number of hydrogen-bond acceptors (Lipinski definition) is 4. The predicted octanol–water partition coefficient (Wildman–Crippen LogP) is 4.40. The van der Waals surface area contributed by atoms with Gasteiger partial charge in [0, 0.05) is 6.42 Å². The Labute approximate surface area is 157 Å². The number of unbranched alkanes of at least 4 members (excludes halogenated alkanes) is 6. The summed E-state index contributed by atoms with van der Waals surface area (Å²) in [5, 5.41) is 0. The third kappa shape index (κ3) is 5.63. The van der Waals surface area contributed by atoms with E-state index in [1.807, 2.05) is 6.92 Å². The predicted molar refractivity (Wildman–Crippen MR) is 102 cm³/mol. The molecule has 0 bridgehead atoms. The van der Waals surface area contributed by atoms with Gasteiger partial charge in [0.05, 0.1) is 11.0 Å². The van der Waals surface area contributed by atoms with Gasteiger partial charge in [0.25, 0.3) is 10.0 Å². The Balaban J connectivity index is 1.88. The van der Waals surface area contributed by atoms with Gasteiger partial charge in [-0.2, -0.15) is 0 Å². The first kappa shape index (κ1) is 21.1. The molecule has 1 aromatic rings. The molecule has 1 fully saturated rings. The highest BCUT2D eigenvalue weighted by molar-refractivity contribution is 7.89. The molecule has 1 aliphatic rings. The number of benzene rings is 1. The van der Waals surface area contributed by atoms with Crippen LogP contribution in [0.3, 0.4) is 0 Å². The lowest BCUT2D eigenvalue weighted by Gasteiger charge is -2.19. The Morgan fingerprint density at radius 2 is 1.69 bits per heavy atom. The molecule has 5 nitrogen and oxygen atoms in total. The van der Waals surface area contributed by atoms with Crippen LogP contribution in [0.15, 0.2) is 29.2 Å². The highest BCUT2D eigenvalue weighted by atomic mass is 32.2. The molecule has 0 amide bonds. The molecule has 0 N–H and O–H groups in total. The van der Waals surface area contributed by atoms with Crippen LogP contribution in [0.5, 0.6) is 0 Å². The summed E-state index contributed by atoms with van der Waals surface area (Å²) in [6, 6.07) is 5.86. The molecule has 0 radical (unpaired) electrons. The van der Waals surface area contributed by atoms with Gasteiger partial charge >= 0.3 is 0 Å². The van der Waals surface area contributed by atoms with Gasteiger partial charge in [-0.15, -0.1) is 0 Å². The van der Waals surface area contributed by atoms with Crippen molar-refractivity contribution in [3.8, 4) is 0 Å². The molecule has 1 aliphatic heterocycles. The Bertz CT molecular complexity index is 657. The fourth-order valence-electron chi connectivity index (χ4n) is 3.28. The highest BCUT2D eigenvalue weighted by Gasteiger charge is 2.41. The molecule has 1 heterocycles. The number of nitrogens with zero attached hydrogens (tertiary/aromatic N) is 1. The van der Waals surface area contributed by atoms with Gasteiger partial charge in [0.2, 0.25) is 0 Å². The third-order valence-electron chi connectivity index (χ3n) is 4.87. The van der Waals surface area contributed by atoms with Gasteiger partial charge in [-0.3, -0.25) is 4.84 Å². The van der Waals surface area contributed by atoms with Crippen LogP contribution in [-0.2, 0) is 19.7 Å². The Hall–Kier alpha value is -1.24. The van der Waals surface area contributed by atoms with Gasteiger partial charge in [-0.05, 0) is 25.5 Å². The summed E-state index contributed by atoms with van der Waals surface area (Å²) in [5.41, 5.74) is 0.982. The van der Waals surface area contributed by atoms with E-state index in [0.29, 0.717) is 12.7 Å². The average Bonchev–Trinajstić information content (AvgIpc) is 3.05. The summed E-state index contributed by atoms with van der Waals surface area (Å²) < 4.78 is 26.5. The molecule has 6 heteroatoms. The van der Waals surface area contributed by atoms with E-state index in [0.717, 1.165) is 29.3 Å². The molecule has 146 valence electrons. The van der Waals surface area contributed by atoms with Gasteiger partial charge in [-0.1, -0.05) is 74.0 Å². The van der Waals surface area contributed by atoms with Crippen LogP contribution in [0.4, 0.5) is 0 Å². The SMILES string of the molecule is CCCCCCCCC[C@@H]1C[C@H](C=O)N(S(=O)(=O)c2ccc(C)cc2)O1. The van der Waals surface area contributed by atoms with Crippen molar-refractivity contribution in [2.45, 2.75) is 88.7 Å². The van der Waals surface area contributed by atoms with Crippen molar-refractivity contribution < 1.29 is 18.0 Å². The summed E-state index contributed by atoms with van der Waals surface area (Å²) >= 11 is 0. The van der Waals surface area contributed by atoms with Crippen LogP contribution in [0.25, 0.3) is 0 Å². The molecule has 1 aromatic carbocycles. The first-order valence-electron chi connectivity index (χ1n) is 9.72. The van der Waals surface area contributed by atoms with E-state index in [2.05, 4.69) is 6.92 Å². The second-order valence-electron chi connectivity index (χ2n) is 7.15. The lowest BCUT2D eigenvalue weighted by Crippen LogP contribution is -2.35. The normalized spacial score (nSPS) is 21.2. The van der Waals surface area contributed by atoms with Crippen LogP contribution in [0.1, 0.15) is 70.3 Å². The smallest absolute Gasteiger partial charge is 0.265 e. The molecule has 0 saturated carbocycles. The van der Waals surface area contributed by atoms with E-state index in [1.165, 1.54) is 32.1 Å². The van der Waals surface area contributed by atoms with Gasteiger partial charge < -0.3 is 4.79 Å². The van der Waals surface area contributed by atoms with Crippen molar-refractivity contribution in [1.82, 2.24) is 4.47 Å². The summed E-state index contributed by atoms with van der Waals surface area (Å²) in [5.74, 6) is 0. The second-order valence-corrected chi connectivity index (χ2v) is 8.93. The van der Waals surface area contributed by atoms with E-state index in [9.17, 15) is 13.2 Å². The van der Waals surface area contributed by atoms with Crippen LogP contribution in [-0.4, -0.2) is 31.3 Å². The molecule has 0 aromatic heterocycles. The number of rotatable bonds is 11. The van der Waals surface area contributed by atoms with Gasteiger partial charge in [-0.25, -0.2) is 8.42 Å². The van der Waals surface area contributed by atoms with Crippen LogP contribution < -0.4 is 0 Å². The minimum absolute atomic E-state index is 0.159. The summed E-state index contributed by atoms with van der Waals surface area (Å²) in [6.07, 6.45) is 10.1. The maximum Gasteiger partial charge on any atom is 0.265 e. The largest absolute Gasteiger partial charge is 0.301 e. The number of carbonyl (C=O) groups excluding carboxylic acids is 1. The maximum absolute atomic E-state index is 12.8. The maximum atomic E-state index is 12.8. The number of aldehydes is 1. The molecule has 0 aliphatic carbocycles. The lowest BCUT2D eigenvalue weighted by atomic mass is 10.0. The van der Waals surface area contributed by atoms with E-state index in [1.54, 1.807) is 24.3 Å². The second kappa shape index (κ2) is 10.2. The minimum atomic E-state index is -3.82. The third-order valence-corrected chi connectivity index (χ3v) is 6.57. The van der Waals surface area contributed by atoms with Crippen molar-refractivity contribution in [2.24, 2.45) is 0 Å². The number of aryl methyl sites for hydroxylation is 1. The fourth-order valence-corrected chi connectivity index (χ4v) is 4.69. The quantitative estimate of drug-likeness (QED) is 0.421. The van der Waals surface area contributed by atoms with E-state index in [4.69, 9.17) is 4.84 Å². The lowest BCUT2D eigenvalue weighted by molar-refractivity contribution is -0.122. The van der Waals surface area contributed by atoms with Crippen molar-refractivity contribution in [3.05, 3.63) is 29.8 Å². The molecule has 2 rings (SSSR count). The Morgan fingerprint density at radius 3 is 2.31 bits per heavy atom. The Kier molecular flexibility index (Phi) is 8.25. The summed E-state index contributed by atoms with van der Waals surface area (Å²) in [6.45, 7) is 4.10. The number of hydroxylamine groups is 1. The monoisotopic (exact) mass is 381 g/mol. The molecule has 1 saturated heterocycles. The average molecular weight is 382 g/mol. The summed E-state index contributed by atoms with van der Waals surface area (Å²) in [7, 11) is -3.82. The number of carbonyl (C=O) groups is 1. The van der Waals surface area contributed by atoms with Gasteiger partial charge in [0.1, 0.15) is 12.3 Å². The zero-order valence-electron chi connectivity index (χ0n) is 15.9. The first-order chi connectivity index (χ1) is 12.5. The Morgan fingerprint density at radius 1 is 1.08 bits per heavy atom. The number of sulfonamides is 1. The molecular formula is C20H31NO4S. The standard InChI is InChI=1S/C20H31NO4S/c1-3-4-5-6-7-8-9-10-19-15-18(16-22)21(25-19)26(23,24)20-13-11-17(2)12-14-20/h11-14,16,18-19H,3-10,15H2,1-2H3/t18-,19-/m1/s1. The summed E-state index contributed by atoms with van der Waals surface area (Å²) in [4.78, 5) is 17.2. The molecule has 0 spiro atoms. The van der Waals surface area contributed by atoms with Crippen molar-refractivity contribution in [1.29, 1.82) is 0 Å². The highest BCUT2D eigenvalue weighted by Crippen LogP contribution is 2.30. The number of hydrogen-bond donors (Lipinski definition) is 0. The van der Waals surface area contributed by atoms with Crippen LogP contribution in [0.2, 0.25) is 0 Å². The molecule has 0 unspecified atom stereocenters. The van der Waals surface area contributed by atoms with Gasteiger partial charge in [0.15, 0.2) is 0 Å². The van der Waals surface area contributed by atoms with Crippen LogP contribution in [0, 0.1) is 6.92 Å². The topological polar surface area (TPSA) is 63.7 Å². The van der Waals surface area contributed by atoms with Crippen molar-refractivity contribution in [3.63, 3.8) is 0 Å². The van der Waals surface area contributed by atoms with E-state index < -0.39 is 16.1 Å². The van der Waals surface area contributed by atoms with E-state index in [-0.39, 0.29) is 11.0 Å². The zero-order chi connectivity index (χ0) is 19.0. The first-order valence-corrected chi connectivity index (χ1v) is 11.2. The minimum Gasteiger partial charge on any atom is -0.301 e. The van der Waals surface area contributed by atoms with Crippen molar-refractivity contribution >= 4 is 16.3 Å². The fraction of sp³-hybridized carbons (Fsp3) is 0.650.